The summed E-state index contributed by atoms with van der Waals surface area (Å²) in [6.45, 7) is 2.16. The highest BCUT2D eigenvalue weighted by Crippen LogP contribution is 2.35. The van der Waals surface area contributed by atoms with E-state index in [4.69, 9.17) is 15.2 Å². The molecule has 1 aromatic carbocycles. The maximum absolute atomic E-state index is 6.15. The van der Waals surface area contributed by atoms with Crippen LogP contribution in [0.5, 0.6) is 11.5 Å². The molecule has 0 unspecified atom stereocenters. The van der Waals surface area contributed by atoms with E-state index in [1.54, 1.807) is 14.2 Å². The maximum Gasteiger partial charge on any atom is 0.165 e. The lowest BCUT2D eigenvalue weighted by atomic mass is 10.0. The van der Waals surface area contributed by atoms with E-state index in [1.807, 2.05) is 18.2 Å². The van der Waals surface area contributed by atoms with Gasteiger partial charge in [0.2, 0.25) is 0 Å². The molecular formula is C13H21NO2. The minimum absolute atomic E-state index is 0.0185. The summed E-state index contributed by atoms with van der Waals surface area (Å²) < 4.78 is 10.6. The molecule has 0 amide bonds. The lowest BCUT2D eigenvalue weighted by molar-refractivity contribution is 0.348. The van der Waals surface area contributed by atoms with Crippen LogP contribution in [0, 0.1) is 0 Å². The summed E-state index contributed by atoms with van der Waals surface area (Å²) in [7, 11) is 3.28. The smallest absolute Gasteiger partial charge is 0.165 e. The Morgan fingerprint density at radius 3 is 2.56 bits per heavy atom. The fraction of sp³-hybridized carbons (Fsp3) is 0.538. The Hall–Kier alpha value is -1.22. The van der Waals surface area contributed by atoms with E-state index in [0.717, 1.165) is 36.3 Å². The first kappa shape index (κ1) is 12.8. The van der Waals surface area contributed by atoms with Crippen LogP contribution >= 0.6 is 0 Å². The van der Waals surface area contributed by atoms with E-state index < -0.39 is 0 Å². The van der Waals surface area contributed by atoms with Gasteiger partial charge in [-0.3, -0.25) is 0 Å². The predicted octanol–water partition coefficient (Wildman–Crippen LogP) is 2.89. The molecule has 1 aromatic rings. The second-order valence-corrected chi connectivity index (χ2v) is 3.83. The van der Waals surface area contributed by atoms with Crippen molar-refractivity contribution in [3.8, 4) is 11.5 Å². The largest absolute Gasteiger partial charge is 0.493 e. The molecule has 0 aliphatic carbocycles. The van der Waals surface area contributed by atoms with E-state index in [2.05, 4.69) is 6.92 Å². The van der Waals surface area contributed by atoms with Gasteiger partial charge in [0.15, 0.2) is 11.5 Å². The van der Waals surface area contributed by atoms with Gasteiger partial charge in [-0.2, -0.15) is 0 Å². The van der Waals surface area contributed by atoms with Gasteiger partial charge >= 0.3 is 0 Å². The summed E-state index contributed by atoms with van der Waals surface area (Å²) in [4.78, 5) is 0. The Balaban J connectivity index is 2.93. The zero-order valence-electron chi connectivity index (χ0n) is 10.3. The number of unbranched alkanes of at least 4 members (excludes halogenated alkanes) is 1. The van der Waals surface area contributed by atoms with Crippen LogP contribution in [0.3, 0.4) is 0 Å². The lowest BCUT2D eigenvalue weighted by Crippen LogP contribution is -2.11. The zero-order chi connectivity index (χ0) is 12.0. The van der Waals surface area contributed by atoms with Crippen LogP contribution in [0.15, 0.2) is 18.2 Å². The first-order chi connectivity index (χ1) is 7.74. The summed E-state index contributed by atoms with van der Waals surface area (Å²) in [6.07, 6.45) is 3.25. The monoisotopic (exact) mass is 223 g/mol. The van der Waals surface area contributed by atoms with Crippen LogP contribution in [-0.2, 0) is 0 Å². The minimum Gasteiger partial charge on any atom is -0.493 e. The van der Waals surface area contributed by atoms with Crippen molar-refractivity contribution in [3.63, 3.8) is 0 Å². The van der Waals surface area contributed by atoms with E-state index >= 15 is 0 Å². The van der Waals surface area contributed by atoms with Crippen molar-refractivity contribution in [2.24, 2.45) is 5.73 Å². The van der Waals surface area contributed by atoms with Crippen LogP contribution < -0.4 is 15.2 Å². The summed E-state index contributed by atoms with van der Waals surface area (Å²) in [5.41, 5.74) is 7.17. The van der Waals surface area contributed by atoms with E-state index in [1.165, 1.54) is 0 Å². The SMILES string of the molecule is CCCC[C@H](N)c1cccc(OC)c1OC. The number of rotatable bonds is 6. The fourth-order valence-corrected chi connectivity index (χ4v) is 1.78. The highest BCUT2D eigenvalue weighted by Gasteiger charge is 2.14. The number of methoxy groups -OCH3 is 2. The van der Waals surface area contributed by atoms with Crippen molar-refractivity contribution in [2.75, 3.05) is 14.2 Å². The molecule has 0 heterocycles. The molecule has 16 heavy (non-hydrogen) atoms. The average molecular weight is 223 g/mol. The van der Waals surface area contributed by atoms with Crippen molar-refractivity contribution >= 4 is 0 Å². The number of para-hydroxylation sites is 1. The van der Waals surface area contributed by atoms with Crippen molar-refractivity contribution in [3.05, 3.63) is 23.8 Å². The quantitative estimate of drug-likeness (QED) is 0.806. The number of hydrogen-bond acceptors (Lipinski definition) is 3. The summed E-state index contributed by atoms with van der Waals surface area (Å²) in [5, 5.41) is 0. The third-order valence-electron chi connectivity index (χ3n) is 2.70. The van der Waals surface area contributed by atoms with E-state index in [0.29, 0.717) is 0 Å². The first-order valence-electron chi connectivity index (χ1n) is 5.71. The summed E-state index contributed by atoms with van der Waals surface area (Å²) in [6, 6.07) is 5.85. The van der Waals surface area contributed by atoms with Crippen LogP contribution in [0.4, 0.5) is 0 Å². The standard InChI is InChI=1S/C13H21NO2/c1-4-5-8-11(14)10-7-6-9-12(15-2)13(10)16-3/h6-7,9,11H,4-5,8,14H2,1-3H3/t11-/m0/s1. The van der Waals surface area contributed by atoms with Gasteiger partial charge in [0.05, 0.1) is 14.2 Å². The van der Waals surface area contributed by atoms with E-state index in [9.17, 15) is 0 Å². The van der Waals surface area contributed by atoms with Crippen molar-refractivity contribution in [2.45, 2.75) is 32.2 Å². The molecule has 3 heteroatoms. The normalized spacial score (nSPS) is 12.2. The van der Waals surface area contributed by atoms with Gasteiger partial charge in [-0.15, -0.1) is 0 Å². The topological polar surface area (TPSA) is 44.5 Å². The van der Waals surface area contributed by atoms with Gasteiger partial charge in [0, 0.05) is 11.6 Å². The second-order valence-electron chi connectivity index (χ2n) is 3.83. The molecule has 90 valence electrons. The van der Waals surface area contributed by atoms with Crippen LogP contribution in [0.2, 0.25) is 0 Å². The number of hydrogen-bond donors (Lipinski definition) is 1. The Bertz CT molecular complexity index is 326. The third-order valence-corrected chi connectivity index (χ3v) is 2.70. The lowest BCUT2D eigenvalue weighted by Gasteiger charge is -2.17. The Morgan fingerprint density at radius 2 is 2.00 bits per heavy atom. The molecule has 0 spiro atoms. The predicted molar refractivity (Wildman–Crippen MR) is 66.0 cm³/mol. The summed E-state index contributed by atoms with van der Waals surface area (Å²) >= 11 is 0. The van der Waals surface area contributed by atoms with Crippen LogP contribution in [-0.4, -0.2) is 14.2 Å². The molecule has 0 aromatic heterocycles. The molecule has 0 fully saturated rings. The average Bonchev–Trinajstić information content (AvgIpc) is 2.34. The van der Waals surface area contributed by atoms with Crippen LogP contribution in [0.1, 0.15) is 37.8 Å². The second kappa shape index (κ2) is 6.38. The molecule has 0 aliphatic heterocycles. The highest BCUT2D eigenvalue weighted by molar-refractivity contribution is 5.47. The Labute approximate surface area is 97.6 Å². The molecular weight excluding hydrogens is 202 g/mol. The van der Waals surface area contributed by atoms with E-state index in [-0.39, 0.29) is 6.04 Å². The fourth-order valence-electron chi connectivity index (χ4n) is 1.78. The molecule has 0 bridgehead atoms. The molecule has 3 nitrogen and oxygen atoms in total. The summed E-state index contributed by atoms with van der Waals surface area (Å²) in [5.74, 6) is 1.50. The van der Waals surface area contributed by atoms with Crippen molar-refractivity contribution in [1.82, 2.24) is 0 Å². The molecule has 0 aliphatic rings. The molecule has 2 N–H and O–H groups in total. The van der Waals surface area contributed by atoms with Gasteiger partial charge in [0.1, 0.15) is 0 Å². The van der Waals surface area contributed by atoms with Gasteiger partial charge in [-0.25, -0.2) is 0 Å². The third kappa shape index (κ3) is 2.89. The molecule has 0 saturated heterocycles. The maximum atomic E-state index is 6.15. The Kier molecular flexibility index (Phi) is 5.12. The molecule has 0 radical (unpaired) electrons. The van der Waals surface area contributed by atoms with Gasteiger partial charge in [-0.1, -0.05) is 31.9 Å². The number of benzene rings is 1. The molecule has 1 rings (SSSR count). The van der Waals surface area contributed by atoms with Gasteiger partial charge in [-0.05, 0) is 12.5 Å². The van der Waals surface area contributed by atoms with Gasteiger partial charge in [0.25, 0.3) is 0 Å². The van der Waals surface area contributed by atoms with Crippen molar-refractivity contribution in [1.29, 1.82) is 0 Å². The van der Waals surface area contributed by atoms with Crippen LogP contribution in [0.25, 0.3) is 0 Å². The van der Waals surface area contributed by atoms with Crippen molar-refractivity contribution < 1.29 is 9.47 Å². The molecule has 0 saturated carbocycles. The number of ether oxygens (including phenoxy) is 2. The number of nitrogens with two attached hydrogens (primary N) is 1. The van der Waals surface area contributed by atoms with Gasteiger partial charge < -0.3 is 15.2 Å². The minimum atomic E-state index is 0.0185. The molecule has 1 atom stereocenters. The zero-order valence-corrected chi connectivity index (χ0v) is 10.3. The highest BCUT2D eigenvalue weighted by atomic mass is 16.5. The first-order valence-corrected chi connectivity index (χ1v) is 5.71. The Morgan fingerprint density at radius 1 is 1.25 bits per heavy atom.